The van der Waals surface area contributed by atoms with Crippen LogP contribution in [0.3, 0.4) is 0 Å². The van der Waals surface area contributed by atoms with E-state index in [1.165, 1.54) is 10.1 Å². The third kappa shape index (κ3) is 4.68. The minimum Gasteiger partial charge on any atom is -0.456 e. The molecule has 0 aliphatic carbocycles. The van der Waals surface area contributed by atoms with Crippen LogP contribution in [0.5, 0.6) is 0 Å². The SMILES string of the molecule is [C-]#[N+]c1c(-c2ccccc2)c(C#N)c(-n2c3ccc4oc5ccccc5c4c3c3ccc4c5ccccc5sc4c32)c(-c2ccccc2)c1-n1c2ccnc3c4ccccc4c4nccc1c4c32. The van der Waals surface area contributed by atoms with E-state index in [2.05, 4.69) is 117 Å². The summed E-state index contributed by atoms with van der Waals surface area (Å²) in [5.74, 6) is 0. The average molecular weight is 883 g/mol. The first-order valence-electron chi connectivity index (χ1n) is 22.4. The fourth-order valence-corrected chi connectivity index (χ4v) is 12.6. The highest BCUT2D eigenvalue weighted by molar-refractivity contribution is 7.26. The van der Waals surface area contributed by atoms with Crippen molar-refractivity contribution >= 4 is 125 Å². The second-order valence-corrected chi connectivity index (χ2v) is 18.4. The lowest BCUT2D eigenvalue weighted by atomic mass is 9.88. The summed E-state index contributed by atoms with van der Waals surface area (Å²) in [7, 11) is 0. The second-order valence-electron chi connectivity index (χ2n) is 17.3. The van der Waals surface area contributed by atoms with Crippen molar-refractivity contribution < 1.29 is 4.42 Å². The Hall–Kier alpha value is -9.34. The Morgan fingerprint density at radius 1 is 0.500 bits per heavy atom. The molecule has 0 saturated heterocycles. The molecule has 0 spiro atoms. The van der Waals surface area contributed by atoms with Gasteiger partial charge in [-0.2, -0.15) is 5.26 Å². The van der Waals surface area contributed by atoms with Crippen LogP contribution in [0.4, 0.5) is 5.69 Å². The Labute approximate surface area is 390 Å². The van der Waals surface area contributed by atoms with E-state index in [0.717, 1.165) is 114 Å². The molecule has 7 nitrogen and oxygen atoms in total. The van der Waals surface area contributed by atoms with Gasteiger partial charge < -0.3 is 13.6 Å². The van der Waals surface area contributed by atoms with Crippen LogP contribution in [0.15, 0.2) is 187 Å². The van der Waals surface area contributed by atoms with Crippen LogP contribution in [0.25, 0.3) is 146 Å². The fraction of sp³-hybridized carbons (Fsp3) is 0. The molecule has 68 heavy (non-hydrogen) atoms. The topological polar surface area (TPSA) is 76.9 Å². The number of pyridine rings is 2. The number of para-hydroxylation sites is 1. The van der Waals surface area contributed by atoms with Crippen LogP contribution in [-0.2, 0) is 0 Å². The van der Waals surface area contributed by atoms with E-state index in [4.69, 9.17) is 14.4 Å². The van der Waals surface area contributed by atoms with Crippen molar-refractivity contribution in [2.75, 3.05) is 0 Å². The molecule has 0 radical (unpaired) electrons. The Bertz CT molecular complexity index is 4670. The first-order chi connectivity index (χ1) is 33.7. The summed E-state index contributed by atoms with van der Waals surface area (Å²) in [5.41, 5.74) is 12.1. The lowest BCUT2D eigenvalue weighted by Crippen LogP contribution is -2.08. The fourth-order valence-electron chi connectivity index (χ4n) is 11.4. The molecule has 0 aliphatic rings. The van der Waals surface area contributed by atoms with Crippen LogP contribution in [0.2, 0.25) is 0 Å². The van der Waals surface area contributed by atoms with Crippen LogP contribution >= 0.6 is 11.3 Å². The second kappa shape index (κ2) is 13.6. The number of fused-ring (bicyclic) bond motifs is 14. The van der Waals surface area contributed by atoms with Gasteiger partial charge in [0.15, 0.2) is 0 Å². The summed E-state index contributed by atoms with van der Waals surface area (Å²) >= 11 is 1.76. The highest BCUT2D eigenvalue weighted by Gasteiger charge is 2.33. The van der Waals surface area contributed by atoms with Crippen molar-refractivity contribution in [3.05, 3.63) is 199 Å². The molecule has 6 heterocycles. The van der Waals surface area contributed by atoms with Gasteiger partial charge in [-0.3, -0.25) is 9.97 Å². The van der Waals surface area contributed by atoms with E-state index in [1.54, 1.807) is 11.3 Å². The predicted molar refractivity (Wildman–Crippen MR) is 279 cm³/mol. The molecule has 0 fully saturated rings. The predicted octanol–water partition coefficient (Wildman–Crippen LogP) is 16.4. The molecule has 312 valence electrons. The minimum absolute atomic E-state index is 0.374. The number of hydrogen-bond donors (Lipinski definition) is 0. The van der Waals surface area contributed by atoms with Crippen molar-refractivity contribution in [1.29, 1.82) is 5.26 Å². The van der Waals surface area contributed by atoms with Gasteiger partial charge in [-0.1, -0.05) is 133 Å². The maximum Gasteiger partial charge on any atom is 0.220 e. The van der Waals surface area contributed by atoms with Gasteiger partial charge in [0, 0.05) is 82.1 Å². The average Bonchev–Trinajstić information content (AvgIpc) is 4.16. The smallest absolute Gasteiger partial charge is 0.220 e. The molecule has 0 atom stereocenters. The standard InChI is InChI=1S/C60H30N6OS/c1-62-56-48(33-14-4-2-5-15-33)41(32-61)57(49(34-16-6-3-7-17-34)59(56)65-43-28-30-63-54-36-19-8-9-20-37(36)55-53(52(43)54)44(65)29-31-64-55)66-42-26-27-46-51(39-21-10-12-22-45(39)67-46)50(42)40-25-24-38-35-18-11-13-23-47(35)68-60(38)58(40)66/h2-31H. The highest BCUT2D eigenvalue weighted by Crippen LogP contribution is 2.55. The Morgan fingerprint density at radius 2 is 1.09 bits per heavy atom. The minimum atomic E-state index is 0.374. The molecular weight excluding hydrogens is 853 g/mol. The number of nitrogens with zero attached hydrogens (tertiary/aromatic N) is 6. The van der Waals surface area contributed by atoms with Gasteiger partial charge in [0.05, 0.1) is 61.3 Å². The van der Waals surface area contributed by atoms with Crippen LogP contribution < -0.4 is 0 Å². The number of thiophene rings is 1. The zero-order valence-electron chi connectivity index (χ0n) is 35.8. The van der Waals surface area contributed by atoms with E-state index >= 15 is 0 Å². The molecule has 9 aromatic carbocycles. The molecule has 15 aromatic rings. The lowest BCUT2D eigenvalue weighted by Gasteiger charge is -2.25. The Balaban J connectivity index is 1.25. The van der Waals surface area contributed by atoms with E-state index in [-0.39, 0.29) is 0 Å². The summed E-state index contributed by atoms with van der Waals surface area (Å²) in [6.45, 7) is 9.31. The van der Waals surface area contributed by atoms with Crippen molar-refractivity contribution in [3.63, 3.8) is 0 Å². The van der Waals surface area contributed by atoms with Gasteiger partial charge in [0.25, 0.3) is 0 Å². The van der Waals surface area contributed by atoms with Gasteiger partial charge in [-0.15, -0.1) is 11.3 Å². The summed E-state index contributed by atoms with van der Waals surface area (Å²) < 4.78 is 13.5. The quantitative estimate of drug-likeness (QED) is 0.130. The Morgan fingerprint density at radius 3 is 1.76 bits per heavy atom. The molecule has 8 heteroatoms. The monoisotopic (exact) mass is 882 g/mol. The van der Waals surface area contributed by atoms with Crippen LogP contribution in [0, 0.1) is 17.9 Å². The van der Waals surface area contributed by atoms with Crippen molar-refractivity contribution in [2.24, 2.45) is 0 Å². The van der Waals surface area contributed by atoms with Crippen molar-refractivity contribution in [1.82, 2.24) is 19.1 Å². The molecule has 15 rings (SSSR count). The van der Waals surface area contributed by atoms with E-state index in [1.807, 2.05) is 85.2 Å². The third-order valence-corrected chi connectivity index (χ3v) is 15.2. The van der Waals surface area contributed by atoms with E-state index in [0.29, 0.717) is 28.2 Å². The molecule has 0 N–H and O–H groups in total. The third-order valence-electron chi connectivity index (χ3n) is 14.0. The molecule has 0 bridgehead atoms. The first kappa shape index (κ1) is 36.9. The molecule has 0 aliphatic heterocycles. The van der Waals surface area contributed by atoms with E-state index in [9.17, 15) is 11.8 Å². The molecule has 0 amide bonds. The van der Waals surface area contributed by atoms with E-state index < -0.39 is 0 Å². The molecule has 0 unspecified atom stereocenters. The van der Waals surface area contributed by atoms with Gasteiger partial charge in [-0.05, 0) is 47.5 Å². The Kier molecular flexibility index (Phi) is 7.39. The maximum absolute atomic E-state index is 12.0. The number of rotatable bonds is 4. The molecular formula is C60H30N6OS. The highest BCUT2D eigenvalue weighted by atomic mass is 32.1. The summed E-state index contributed by atoms with van der Waals surface area (Å²) in [6, 6.07) is 61.0. The number of aromatic nitrogens is 4. The van der Waals surface area contributed by atoms with Crippen molar-refractivity contribution in [3.8, 4) is 39.7 Å². The van der Waals surface area contributed by atoms with Gasteiger partial charge in [0.2, 0.25) is 5.69 Å². The summed E-state index contributed by atoms with van der Waals surface area (Å²) in [6.07, 6.45) is 3.74. The summed E-state index contributed by atoms with van der Waals surface area (Å²) in [5, 5.41) is 22.5. The largest absolute Gasteiger partial charge is 0.456 e. The van der Waals surface area contributed by atoms with Gasteiger partial charge in [0.1, 0.15) is 17.2 Å². The zero-order chi connectivity index (χ0) is 44.8. The first-order valence-corrected chi connectivity index (χ1v) is 23.2. The lowest BCUT2D eigenvalue weighted by molar-refractivity contribution is 0.669. The number of benzene rings is 9. The number of nitriles is 1. The van der Waals surface area contributed by atoms with Crippen molar-refractivity contribution in [2.45, 2.75) is 0 Å². The number of hydrogen-bond acceptors (Lipinski definition) is 5. The molecule has 0 saturated carbocycles. The number of furan rings is 1. The summed E-state index contributed by atoms with van der Waals surface area (Å²) in [4.78, 5) is 14.6. The van der Waals surface area contributed by atoms with Crippen LogP contribution in [0.1, 0.15) is 5.56 Å². The zero-order valence-corrected chi connectivity index (χ0v) is 36.6. The van der Waals surface area contributed by atoms with Gasteiger partial charge in [-0.25, -0.2) is 4.85 Å². The molecule has 6 aromatic heterocycles. The van der Waals surface area contributed by atoms with Crippen LogP contribution in [-0.4, -0.2) is 19.1 Å². The van der Waals surface area contributed by atoms with Gasteiger partial charge >= 0.3 is 0 Å². The normalized spacial score (nSPS) is 12.1. The maximum atomic E-state index is 12.0.